The van der Waals surface area contributed by atoms with E-state index in [9.17, 15) is 0 Å². The van der Waals surface area contributed by atoms with Gasteiger partial charge >= 0.3 is 0 Å². The Bertz CT molecular complexity index is 111. The Morgan fingerprint density at radius 3 is 2.36 bits per heavy atom. The monoisotopic (exact) mass is 193 g/mol. The normalized spacial score (nSPS) is 26.2. The van der Waals surface area contributed by atoms with E-state index in [0.29, 0.717) is 0 Å². The molecule has 0 aromatic carbocycles. The molecule has 66 valence electrons. The molecule has 0 amide bonds. The van der Waals surface area contributed by atoms with E-state index in [2.05, 4.69) is 16.7 Å². The summed E-state index contributed by atoms with van der Waals surface area (Å²) in [6, 6.07) is 0. The number of hydrogen-bond acceptors (Lipinski definition) is 2. The molecule has 0 aromatic heterocycles. The van der Waals surface area contributed by atoms with Gasteiger partial charge < -0.3 is 4.90 Å². The smallest absolute Gasteiger partial charge is 0.00728 e. The van der Waals surface area contributed by atoms with Crippen molar-refractivity contribution in [3.63, 3.8) is 0 Å². The zero-order chi connectivity index (χ0) is 6.81. The van der Waals surface area contributed by atoms with Gasteiger partial charge in [-0.25, -0.2) is 0 Å². The summed E-state index contributed by atoms with van der Waals surface area (Å²) in [5.74, 6) is 3.82. The molecule has 0 bridgehead atoms. The molecule has 2 rings (SSSR count). The minimum absolute atomic E-state index is 0. The Labute approximate surface area is 79.3 Å². The molecule has 0 spiro atoms. The van der Waals surface area contributed by atoms with Crippen molar-refractivity contribution in [1.82, 2.24) is 4.90 Å². The van der Waals surface area contributed by atoms with E-state index in [1.54, 1.807) is 0 Å². The fourth-order valence-corrected chi connectivity index (χ4v) is 2.43. The molecule has 11 heavy (non-hydrogen) atoms. The Morgan fingerprint density at radius 1 is 1.18 bits per heavy atom. The highest BCUT2D eigenvalue weighted by Gasteiger charge is 2.24. The third kappa shape index (κ3) is 3.22. The van der Waals surface area contributed by atoms with Crippen LogP contribution in [0.4, 0.5) is 0 Å². The summed E-state index contributed by atoms with van der Waals surface area (Å²) in [6.07, 6.45) is 3.01. The lowest BCUT2D eigenvalue weighted by Crippen LogP contribution is -2.34. The highest BCUT2D eigenvalue weighted by atomic mass is 35.5. The first-order valence-corrected chi connectivity index (χ1v) is 5.41. The molecule has 0 radical (unpaired) electrons. The Morgan fingerprint density at radius 2 is 1.82 bits per heavy atom. The first-order valence-electron chi connectivity index (χ1n) is 4.25. The number of thioether (sulfide) groups is 1. The molecule has 2 fully saturated rings. The van der Waals surface area contributed by atoms with E-state index in [4.69, 9.17) is 0 Å². The minimum Gasteiger partial charge on any atom is -0.301 e. The van der Waals surface area contributed by atoms with Crippen LogP contribution in [0.5, 0.6) is 0 Å². The first-order chi connectivity index (χ1) is 4.95. The van der Waals surface area contributed by atoms with Crippen molar-refractivity contribution in [3.05, 3.63) is 0 Å². The molecular formula is C8H16ClNS. The van der Waals surface area contributed by atoms with Gasteiger partial charge in [-0.05, 0) is 18.8 Å². The SMILES string of the molecule is C1CN(CC2CC2)CCS1.Cl. The van der Waals surface area contributed by atoms with Crippen molar-refractivity contribution in [1.29, 1.82) is 0 Å². The molecule has 0 unspecified atom stereocenters. The van der Waals surface area contributed by atoms with Crippen LogP contribution in [-0.2, 0) is 0 Å². The predicted molar refractivity (Wildman–Crippen MR) is 53.7 cm³/mol. The van der Waals surface area contributed by atoms with Crippen molar-refractivity contribution >= 4 is 24.2 Å². The van der Waals surface area contributed by atoms with Crippen LogP contribution in [0, 0.1) is 5.92 Å². The molecule has 0 atom stereocenters. The summed E-state index contributed by atoms with van der Waals surface area (Å²) in [5, 5.41) is 0. The quantitative estimate of drug-likeness (QED) is 0.659. The van der Waals surface area contributed by atoms with Crippen molar-refractivity contribution in [2.24, 2.45) is 5.92 Å². The van der Waals surface area contributed by atoms with E-state index in [1.165, 1.54) is 44.0 Å². The summed E-state index contributed by atoms with van der Waals surface area (Å²) in [6.45, 7) is 4.10. The molecular weight excluding hydrogens is 178 g/mol. The van der Waals surface area contributed by atoms with Crippen LogP contribution in [0.3, 0.4) is 0 Å². The maximum Gasteiger partial charge on any atom is 0.00728 e. The van der Waals surface area contributed by atoms with Crippen molar-refractivity contribution in [2.45, 2.75) is 12.8 Å². The average molecular weight is 194 g/mol. The maximum atomic E-state index is 2.63. The van der Waals surface area contributed by atoms with Crippen LogP contribution in [0.2, 0.25) is 0 Å². The average Bonchev–Trinajstić information content (AvgIpc) is 2.74. The van der Waals surface area contributed by atoms with Gasteiger partial charge in [0.1, 0.15) is 0 Å². The van der Waals surface area contributed by atoms with Gasteiger partial charge in [-0.15, -0.1) is 12.4 Å². The van der Waals surface area contributed by atoms with E-state index in [0.717, 1.165) is 5.92 Å². The predicted octanol–water partition coefficient (Wildman–Crippen LogP) is 1.87. The Balaban J connectivity index is 0.000000605. The second-order valence-corrected chi connectivity index (χ2v) is 4.58. The van der Waals surface area contributed by atoms with Gasteiger partial charge in [0.05, 0.1) is 0 Å². The Kier molecular flexibility index (Phi) is 4.04. The minimum atomic E-state index is 0. The second kappa shape index (κ2) is 4.58. The van der Waals surface area contributed by atoms with Crippen LogP contribution in [0.25, 0.3) is 0 Å². The van der Waals surface area contributed by atoms with Crippen LogP contribution >= 0.6 is 24.2 Å². The zero-order valence-electron chi connectivity index (χ0n) is 6.79. The largest absolute Gasteiger partial charge is 0.301 e. The van der Waals surface area contributed by atoms with Gasteiger partial charge in [-0.2, -0.15) is 11.8 Å². The lowest BCUT2D eigenvalue weighted by molar-refractivity contribution is 0.290. The molecule has 2 aliphatic rings. The van der Waals surface area contributed by atoms with Crippen molar-refractivity contribution < 1.29 is 0 Å². The molecule has 1 aliphatic heterocycles. The molecule has 1 heterocycles. The summed E-state index contributed by atoms with van der Waals surface area (Å²) >= 11 is 2.10. The van der Waals surface area contributed by atoms with Gasteiger partial charge in [-0.1, -0.05) is 0 Å². The van der Waals surface area contributed by atoms with Crippen molar-refractivity contribution in [3.8, 4) is 0 Å². The molecule has 1 saturated heterocycles. The van der Waals surface area contributed by atoms with Gasteiger partial charge in [0, 0.05) is 31.1 Å². The summed E-state index contributed by atoms with van der Waals surface area (Å²) < 4.78 is 0. The first kappa shape index (κ1) is 9.69. The molecule has 1 nitrogen and oxygen atoms in total. The van der Waals surface area contributed by atoms with Crippen molar-refractivity contribution in [2.75, 3.05) is 31.1 Å². The highest BCUT2D eigenvalue weighted by Crippen LogP contribution is 2.30. The van der Waals surface area contributed by atoms with Gasteiger partial charge in [0.15, 0.2) is 0 Å². The molecule has 1 aliphatic carbocycles. The van der Waals surface area contributed by atoms with E-state index in [1.807, 2.05) is 0 Å². The Hall–Kier alpha value is 0.600. The molecule has 3 heteroatoms. The molecule has 0 aromatic rings. The third-order valence-electron chi connectivity index (χ3n) is 2.32. The van der Waals surface area contributed by atoms with Gasteiger partial charge in [-0.3, -0.25) is 0 Å². The molecule has 1 saturated carbocycles. The van der Waals surface area contributed by atoms with E-state index >= 15 is 0 Å². The summed E-state index contributed by atoms with van der Waals surface area (Å²) in [7, 11) is 0. The van der Waals surface area contributed by atoms with Crippen LogP contribution < -0.4 is 0 Å². The number of nitrogens with zero attached hydrogens (tertiary/aromatic N) is 1. The maximum absolute atomic E-state index is 2.63. The number of hydrogen-bond donors (Lipinski definition) is 0. The van der Waals surface area contributed by atoms with Crippen LogP contribution in [0.1, 0.15) is 12.8 Å². The summed E-state index contributed by atoms with van der Waals surface area (Å²) in [5.41, 5.74) is 0. The number of rotatable bonds is 2. The second-order valence-electron chi connectivity index (χ2n) is 3.36. The highest BCUT2D eigenvalue weighted by molar-refractivity contribution is 7.99. The fraction of sp³-hybridized carbons (Fsp3) is 1.00. The van der Waals surface area contributed by atoms with Gasteiger partial charge in [0.25, 0.3) is 0 Å². The van der Waals surface area contributed by atoms with Crippen LogP contribution in [0.15, 0.2) is 0 Å². The third-order valence-corrected chi connectivity index (χ3v) is 3.26. The number of halogens is 1. The van der Waals surface area contributed by atoms with Gasteiger partial charge in [0.2, 0.25) is 0 Å². The van der Waals surface area contributed by atoms with E-state index in [-0.39, 0.29) is 12.4 Å². The lowest BCUT2D eigenvalue weighted by atomic mass is 10.3. The fourth-order valence-electron chi connectivity index (χ4n) is 1.45. The standard InChI is InChI=1S/C8H15NS.ClH/c1-2-8(1)7-9-3-5-10-6-4-9;/h8H,1-7H2;1H. The summed E-state index contributed by atoms with van der Waals surface area (Å²) in [4.78, 5) is 2.63. The molecule has 0 N–H and O–H groups in total. The lowest BCUT2D eigenvalue weighted by Gasteiger charge is -2.25. The van der Waals surface area contributed by atoms with E-state index < -0.39 is 0 Å². The topological polar surface area (TPSA) is 3.24 Å². The van der Waals surface area contributed by atoms with Crippen LogP contribution in [-0.4, -0.2) is 36.0 Å². The zero-order valence-corrected chi connectivity index (χ0v) is 8.42.